The summed E-state index contributed by atoms with van der Waals surface area (Å²) in [6.07, 6.45) is 14.2. The van der Waals surface area contributed by atoms with Crippen molar-refractivity contribution in [2.24, 2.45) is 5.92 Å². The summed E-state index contributed by atoms with van der Waals surface area (Å²) < 4.78 is 19.8. The van der Waals surface area contributed by atoms with Crippen molar-refractivity contribution in [2.45, 2.75) is 83.9 Å². The third-order valence-corrected chi connectivity index (χ3v) is 11.5. The van der Waals surface area contributed by atoms with Crippen LogP contribution in [0, 0.1) is 18.3 Å². The highest BCUT2D eigenvalue weighted by Crippen LogP contribution is 2.26. The average molecular weight is 897 g/mol. The summed E-state index contributed by atoms with van der Waals surface area (Å²) in [4.78, 5) is 50.4. The number of aliphatic hydroxyl groups is 1. The minimum Gasteiger partial charge on any atom is -0.391 e. The summed E-state index contributed by atoms with van der Waals surface area (Å²) in [5.41, 5.74) is 9.50. The number of terminal acetylenes is 1. The van der Waals surface area contributed by atoms with Crippen molar-refractivity contribution in [3.8, 4) is 12.3 Å². The third-order valence-electron chi connectivity index (χ3n) is 11.5. The summed E-state index contributed by atoms with van der Waals surface area (Å²) in [6, 6.07) is -1.34. The fraction of sp³-hybridized carbons (Fsp3) is 0.738. The molecule has 2 fully saturated rings. The normalized spacial score (nSPS) is 16.4. The SMILES string of the molecule is C#CCOCCOCCOCCNc1nc(N2CCN(C(=O)[C@H]([C@@H](C)O)n3cc(CCCC[NH3+])nn3)CC2)nc(N2CCN(C(=O)[C@H]([C@@H](C)CC)n3cc(CCCC[NH3+])nn3)CC2)n1. The van der Waals surface area contributed by atoms with Gasteiger partial charge in [-0.3, -0.25) is 9.59 Å². The molecule has 22 heteroatoms. The van der Waals surface area contributed by atoms with E-state index in [1.54, 1.807) is 22.7 Å². The van der Waals surface area contributed by atoms with Crippen LogP contribution >= 0.6 is 0 Å². The molecule has 2 aliphatic heterocycles. The summed E-state index contributed by atoms with van der Waals surface area (Å²) in [5.74, 6) is 3.66. The molecular weight excluding hydrogens is 825 g/mol. The molecule has 0 bridgehead atoms. The number of quaternary nitrogens is 2. The lowest BCUT2D eigenvalue weighted by molar-refractivity contribution is -0.368. The molecule has 64 heavy (non-hydrogen) atoms. The molecule has 0 unspecified atom stereocenters. The third kappa shape index (κ3) is 14.7. The van der Waals surface area contributed by atoms with Crippen molar-refractivity contribution in [1.82, 2.24) is 54.7 Å². The van der Waals surface area contributed by atoms with Gasteiger partial charge in [-0.25, -0.2) is 9.36 Å². The molecule has 0 saturated carbocycles. The maximum atomic E-state index is 14.2. The standard InChI is InChI=1S/C42H70N16O6/c1-5-24-62-26-28-64-29-27-63-25-15-45-40-46-41(55-20-16-53(17-21-55)38(60)36(32(3)6-2)57-30-34(49-51-57)11-7-9-13-43)48-42(47-40)56-22-18-54(19-23-56)39(61)37(33(4)59)58-31-35(50-52-58)12-8-10-14-44/h1,30-33,36-37,59H,6-29,43-44H2,2-4H3,(H,45,46,47,48)/p+2/t32-,33+,36-,37-/m0/s1. The Kier molecular flexibility index (Phi) is 20.8. The number of carbonyl (C=O) groups excluding carboxylic acids is 2. The largest absolute Gasteiger partial charge is 0.391 e. The molecule has 0 radical (unpaired) electrons. The highest BCUT2D eigenvalue weighted by atomic mass is 16.5. The number of nitrogens with zero attached hydrogens (tertiary/aromatic N) is 13. The van der Waals surface area contributed by atoms with Gasteiger partial charge < -0.3 is 55.7 Å². The number of aryl methyl sites for hydroxylation is 2. The van der Waals surface area contributed by atoms with E-state index >= 15 is 0 Å². The van der Waals surface area contributed by atoms with Gasteiger partial charge in [0.15, 0.2) is 6.04 Å². The van der Waals surface area contributed by atoms with Gasteiger partial charge in [0.1, 0.15) is 12.6 Å². The Morgan fingerprint density at radius 1 is 0.734 bits per heavy atom. The van der Waals surface area contributed by atoms with Crippen LogP contribution in [0.2, 0.25) is 0 Å². The van der Waals surface area contributed by atoms with E-state index < -0.39 is 18.2 Å². The number of aliphatic hydroxyl groups excluding tert-OH is 1. The first-order valence-electron chi connectivity index (χ1n) is 23.0. The zero-order chi connectivity index (χ0) is 45.7. The lowest BCUT2D eigenvalue weighted by Gasteiger charge is -2.38. The van der Waals surface area contributed by atoms with Crippen LogP contribution < -0.4 is 26.6 Å². The van der Waals surface area contributed by atoms with Gasteiger partial charge in [-0.05, 0) is 51.4 Å². The number of hydrogen-bond donors (Lipinski definition) is 4. The Morgan fingerprint density at radius 3 is 1.70 bits per heavy atom. The highest BCUT2D eigenvalue weighted by Gasteiger charge is 2.35. The van der Waals surface area contributed by atoms with E-state index in [2.05, 4.69) is 62.1 Å². The summed E-state index contributed by atoms with van der Waals surface area (Å²) >= 11 is 0. The van der Waals surface area contributed by atoms with E-state index in [-0.39, 0.29) is 24.3 Å². The van der Waals surface area contributed by atoms with Crippen LogP contribution in [-0.2, 0) is 36.6 Å². The molecule has 2 aliphatic rings. The van der Waals surface area contributed by atoms with Crippen LogP contribution in [0.5, 0.6) is 0 Å². The minimum absolute atomic E-state index is 0.0313. The molecule has 8 N–H and O–H groups in total. The van der Waals surface area contributed by atoms with Crippen LogP contribution in [0.1, 0.15) is 76.3 Å². The molecule has 22 nitrogen and oxygen atoms in total. The molecule has 3 aromatic rings. The lowest BCUT2D eigenvalue weighted by atomic mass is 9.97. The first kappa shape index (κ1) is 50.0. The minimum atomic E-state index is -0.972. The maximum absolute atomic E-state index is 14.2. The van der Waals surface area contributed by atoms with E-state index in [4.69, 9.17) is 35.6 Å². The summed E-state index contributed by atoms with van der Waals surface area (Å²) in [5, 5.41) is 31.3. The molecule has 5 rings (SSSR count). The van der Waals surface area contributed by atoms with Crippen molar-refractivity contribution >= 4 is 29.7 Å². The monoisotopic (exact) mass is 897 g/mol. The number of anilines is 3. The molecule has 4 atom stereocenters. The quantitative estimate of drug-likeness (QED) is 0.0477. The van der Waals surface area contributed by atoms with E-state index in [1.165, 1.54) is 4.68 Å². The Morgan fingerprint density at radius 2 is 1.22 bits per heavy atom. The molecule has 354 valence electrons. The zero-order valence-corrected chi connectivity index (χ0v) is 38.2. The van der Waals surface area contributed by atoms with E-state index in [1.807, 2.05) is 16.0 Å². The molecule has 5 heterocycles. The Bertz CT molecular complexity index is 1870. The molecule has 2 amide bonds. The van der Waals surface area contributed by atoms with Crippen LogP contribution in [0.4, 0.5) is 17.8 Å². The molecule has 0 aromatic carbocycles. The number of carbonyl (C=O) groups is 2. The van der Waals surface area contributed by atoms with Gasteiger partial charge in [0.2, 0.25) is 29.7 Å². The van der Waals surface area contributed by atoms with Crippen LogP contribution in [0.3, 0.4) is 0 Å². The number of unbranched alkanes of at least 4 members (excludes halogenated alkanes) is 2. The van der Waals surface area contributed by atoms with Crippen molar-refractivity contribution in [1.29, 1.82) is 0 Å². The van der Waals surface area contributed by atoms with Crippen molar-refractivity contribution in [3.05, 3.63) is 23.8 Å². The number of amides is 2. The molecule has 2 saturated heterocycles. The smallest absolute Gasteiger partial charge is 0.250 e. The van der Waals surface area contributed by atoms with E-state index in [9.17, 15) is 14.7 Å². The number of ether oxygens (including phenoxy) is 3. The number of rotatable bonds is 28. The summed E-state index contributed by atoms with van der Waals surface area (Å²) in [6.45, 7) is 14.0. The molecule has 0 spiro atoms. The van der Waals surface area contributed by atoms with Gasteiger partial charge in [-0.1, -0.05) is 36.6 Å². The first-order valence-corrected chi connectivity index (χ1v) is 23.0. The Labute approximate surface area is 376 Å². The van der Waals surface area contributed by atoms with Gasteiger partial charge in [0, 0.05) is 71.3 Å². The number of aromatic nitrogens is 9. The fourth-order valence-corrected chi connectivity index (χ4v) is 7.62. The predicted octanol–water partition coefficient (Wildman–Crippen LogP) is -1.51. The van der Waals surface area contributed by atoms with Gasteiger partial charge in [-0.15, -0.1) is 16.6 Å². The molecule has 3 aromatic heterocycles. The molecular formula is C42H72N16O6+2. The Balaban J connectivity index is 1.23. The second kappa shape index (κ2) is 26.7. The van der Waals surface area contributed by atoms with E-state index in [0.29, 0.717) is 110 Å². The van der Waals surface area contributed by atoms with Crippen LogP contribution in [-0.4, -0.2) is 189 Å². The average Bonchev–Trinajstić information content (AvgIpc) is 3.98. The van der Waals surface area contributed by atoms with Crippen LogP contribution in [0.15, 0.2) is 12.4 Å². The van der Waals surface area contributed by atoms with Gasteiger partial charge in [0.25, 0.3) is 0 Å². The second-order valence-corrected chi connectivity index (χ2v) is 16.3. The molecule has 0 aliphatic carbocycles. The van der Waals surface area contributed by atoms with Crippen LogP contribution in [0.25, 0.3) is 0 Å². The number of hydrogen-bond acceptors (Lipinski definition) is 16. The predicted molar refractivity (Wildman–Crippen MR) is 238 cm³/mol. The van der Waals surface area contributed by atoms with Crippen molar-refractivity contribution in [2.75, 3.05) is 127 Å². The Hall–Kier alpha value is -5.05. The number of piperazine rings is 2. The highest BCUT2D eigenvalue weighted by molar-refractivity contribution is 5.81. The zero-order valence-electron chi connectivity index (χ0n) is 38.2. The van der Waals surface area contributed by atoms with Gasteiger partial charge in [-0.2, -0.15) is 15.0 Å². The summed E-state index contributed by atoms with van der Waals surface area (Å²) in [7, 11) is 0. The van der Waals surface area contributed by atoms with Crippen molar-refractivity contribution in [3.63, 3.8) is 0 Å². The first-order chi connectivity index (χ1) is 31.2. The fourth-order valence-electron chi connectivity index (χ4n) is 7.62. The number of nitrogens with one attached hydrogen (secondary N) is 1. The van der Waals surface area contributed by atoms with E-state index in [0.717, 1.165) is 69.4 Å². The lowest BCUT2D eigenvalue weighted by Crippen LogP contribution is -2.53. The van der Waals surface area contributed by atoms with Crippen molar-refractivity contribution < 1.29 is 40.4 Å². The van der Waals surface area contributed by atoms with Gasteiger partial charge in [0.05, 0.1) is 63.6 Å². The second-order valence-electron chi connectivity index (χ2n) is 16.3. The van der Waals surface area contributed by atoms with Gasteiger partial charge >= 0.3 is 0 Å². The maximum Gasteiger partial charge on any atom is 0.250 e. The topological polar surface area (TPSA) is 262 Å².